The highest BCUT2D eigenvalue weighted by atomic mass is 32.2. The summed E-state index contributed by atoms with van der Waals surface area (Å²) in [5.74, 6) is -2.93. The number of carbonyl (C=O) groups excluding carboxylic acids is 1. The standard InChI is InChI=1S/C19H20F2N2O4S2/c20-19(21)28-16-8-6-14(7-9-16)23-29(25,26)17-5-1-3-13(11-17)18(24)22-12-15-4-2-10-27-15/h1,3,5-9,11,15,19,23H,2,4,10,12H2,(H,22,24)/t15-/m1/s1. The van der Waals surface area contributed by atoms with Crippen LogP contribution in [-0.2, 0) is 14.8 Å². The minimum Gasteiger partial charge on any atom is -0.376 e. The van der Waals surface area contributed by atoms with E-state index < -0.39 is 15.8 Å². The van der Waals surface area contributed by atoms with E-state index in [2.05, 4.69) is 10.0 Å². The van der Waals surface area contributed by atoms with Gasteiger partial charge in [0.05, 0.1) is 11.0 Å². The number of nitrogens with one attached hydrogen (secondary N) is 2. The van der Waals surface area contributed by atoms with Gasteiger partial charge in [-0.3, -0.25) is 9.52 Å². The van der Waals surface area contributed by atoms with Crippen molar-refractivity contribution in [2.24, 2.45) is 0 Å². The van der Waals surface area contributed by atoms with Crippen LogP contribution in [-0.4, -0.2) is 39.3 Å². The fraction of sp³-hybridized carbons (Fsp3) is 0.316. The molecule has 1 aliphatic heterocycles. The molecule has 2 N–H and O–H groups in total. The third-order valence-electron chi connectivity index (χ3n) is 4.25. The molecule has 0 aliphatic carbocycles. The van der Waals surface area contributed by atoms with Gasteiger partial charge in [-0.25, -0.2) is 8.42 Å². The second-order valence-corrected chi connectivity index (χ2v) is 9.13. The molecule has 10 heteroatoms. The zero-order valence-electron chi connectivity index (χ0n) is 15.3. The number of carbonyl (C=O) groups is 1. The summed E-state index contributed by atoms with van der Waals surface area (Å²) in [6.45, 7) is 1.05. The van der Waals surface area contributed by atoms with Gasteiger partial charge in [0.2, 0.25) is 0 Å². The van der Waals surface area contributed by atoms with Crippen LogP contribution in [0.4, 0.5) is 14.5 Å². The number of hydrogen-bond donors (Lipinski definition) is 2. The van der Waals surface area contributed by atoms with Crippen molar-refractivity contribution in [2.75, 3.05) is 17.9 Å². The van der Waals surface area contributed by atoms with Crippen molar-refractivity contribution < 1.29 is 26.7 Å². The van der Waals surface area contributed by atoms with E-state index in [0.29, 0.717) is 29.8 Å². The fourth-order valence-electron chi connectivity index (χ4n) is 2.84. The molecule has 0 saturated carbocycles. The molecular formula is C19H20F2N2O4S2. The summed E-state index contributed by atoms with van der Waals surface area (Å²) in [5.41, 5.74) is 0.450. The van der Waals surface area contributed by atoms with Crippen molar-refractivity contribution in [1.82, 2.24) is 5.32 Å². The van der Waals surface area contributed by atoms with Crippen LogP contribution in [0.25, 0.3) is 0 Å². The molecule has 0 spiro atoms. The van der Waals surface area contributed by atoms with Gasteiger partial charge in [0.25, 0.3) is 21.7 Å². The summed E-state index contributed by atoms with van der Waals surface area (Å²) in [4.78, 5) is 12.6. The van der Waals surface area contributed by atoms with Crippen LogP contribution in [0.15, 0.2) is 58.3 Å². The molecule has 1 aliphatic rings. The maximum Gasteiger partial charge on any atom is 0.288 e. The highest BCUT2D eigenvalue weighted by molar-refractivity contribution is 7.99. The van der Waals surface area contributed by atoms with Gasteiger partial charge < -0.3 is 10.1 Å². The van der Waals surface area contributed by atoms with E-state index in [9.17, 15) is 22.0 Å². The number of sulfonamides is 1. The molecule has 0 bridgehead atoms. The number of anilines is 1. The summed E-state index contributed by atoms with van der Waals surface area (Å²) < 4.78 is 57.8. The van der Waals surface area contributed by atoms with Gasteiger partial charge in [-0.05, 0) is 55.3 Å². The van der Waals surface area contributed by atoms with Crippen LogP contribution in [0.1, 0.15) is 23.2 Å². The zero-order valence-corrected chi connectivity index (χ0v) is 16.9. The summed E-state index contributed by atoms with van der Waals surface area (Å²) in [6.07, 6.45) is 1.83. The highest BCUT2D eigenvalue weighted by Crippen LogP contribution is 2.27. The molecule has 2 aromatic carbocycles. The molecule has 1 saturated heterocycles. The van der Waals surface area contributed by atoms with Crippen molar-refractivity contribution in [2.45, 2.75) is 34.5 Å². The Morgan fingerprint density at radius 1 is 1.21 bits per heavy atom. The number of thioether (sulfide) groups is 1. The van der Waals surface area contributed by atoms with Gasteiger partial charge in [0.1, 0.15) is 0 Å². The van der Waals surface area contributed by atoms with Crippen molar-refractivity contribution >= 4 is 33.4 Å². The predicted molar refractivity (Wildman–Crippen MR) is 107 cm³/mol. The molecule has 2 aromatic rings. The van der Waals surface area contributed by atoms with Gasteiger partial charge in [-0.15, -0.1) is 0 Å². The lowest BCUT2D eigenvalue weighted by Crippen LogP contribution is -2.31. The normalized spacial score (nSPS) is 16.7. The average Bonchev–Trinajstić information content (AvgIpc) is 3.21. The summed E-state index contributed by atoms with van der Waals surface area (Å²) >= 11 is 0.376. The monoisotopic (exact) mass is 442 g/mol. The Balaban J connectivity index is 1.67. The topological polar surface area (TPSA) is 84.5 Å². The summed E-state index contributed by atoms with van der Waals surface area (Å²) in [7, 11) is -3.95. The average molecular weight is 443 g/mol. The molecule has 0 unspecified atom stereocenters. The van der Waals surface area contributed by atoms with Crippen LogP contribution in [0.3, 0.4) is 0 Å². The van der Waals surface area contributed by atoms with Crippen LogP contribution in [0, 0.1) is 0 Å². The van der Waals surface area contributed by atoms with Crippen molar-refractivity contribution in [1.29, 1.82) is 0 Å². The van der Waals surface area contributed by atoms with E-state index in [0.717, 1.165) is 12.8 Å². The number of amides is 1. The molecule has 1 amide bonds. The number of alkyl halides is 2. The Morgan fingerprint density at radius 3 is 2.62 bits per heavy atom. The first kappa shape index (κ1) is 21.5. The van der Waals surface area contributed by atoms with Crippen molar-refractivity contribution in [3.63, 3.8) is 0 Å². The van der Waals surface area contributed by atoms with Crippen LogP contribution in [0.2, 0.25) is 0 Å². The zero-order chi connectivity index (χ0) is 20.9. The Bertz CT molecular complexity index is 947. The van der Waals surface area contributed by atoms with E-state index in [1.54, 1.807) is 0 Å². The van der Waals surface area contributed by atoms with Crippen LogP contribution >= 0.6 is 11.8 Å². The molecular weight excluding hydrogens is 422 g/mol. The Labute approximate surface area is 172 Å². The lowest BCUT2D eigenvalue weighted by molar-refractivity contribution is 0.0857. The number of rotatable bonds is 8. The quantitative estimate of drug-likeness (QED) is 0.609. The third-order valence-corrected chi connectivity index (χ3v) is 6.35. The van der Waals surface area contributed by atoms with Gasteiger partial charge in [0, 0.05) is 29.3 Å². The van der Waals surface area contributed by atoms with Gasteiger partial charge in [0.15, 0.2) is 0 Å². The molecule has 6 nitrogen and oxygen atoms in total. The molecule has 3 rings (SSSR count). The Kier molecular flexibility index (Phi) is 7.09. The first-order chi connectivity index (χ1) is 13.8. The largest absolute Gasteiger partial charge is 0.376 e. The second kappa shape index (κ2) is 9.55. The summed E-state index contributed by atoms with van der Waals surface area (Å²) in [6, 6.07) is 11.3. The molecule has 1 heterocycles. The predicted octanol–water partition coefficient (Wildman–Crippen LogP) is 3.71. The maximum absolute atomic E-state index is 12.6. The van der Waals surface area contributed by atoms with E-state index in [1.807, 2.05) is 0 Å². The minimum atomic E-state index is -3.95. The molecule has 0 aromatic heterocycles. The number of halogens is 2. The number of hydrogen-bond acceptors (Lipinski definition) is 5. The first-order valence-electron chi connectivity index (χ1n) is 8.91. The molecule has 1 fully saturated rings. The first-order valence-corrected chi connectivity index (χ1v) is 11.3. The van der Waals surface area contributed by atoms with E-state index >= 15 is 0 Å². The minimum absolute atomic E-state index is 0.0151. The molecule has 156 valence electrons. The maximum atomic E-state index is 12.6. The number of benzene rings is 2. The Morgan fingerprint density at radius 2 is 1.97 bits per heavy atom. The van der Waals surface area contributed by atoms with Gasteiger partial charge in [-0.2, -0.15) is 8.78 Å². The lowest BCUT2D eigenvalue weighted by atomic mass is 10.2. The van der Waals surface area contributed by atoms with Crippen molar-refractivity contribution in [3.05, 3.63) is 54.1 Å². The molecule has 29 heavy (non-hydrogen) atoms. The second-order valence-electron chi connectivity index (χ2n) is 6.38. The van der Waals surface area contributed by atoms with E-state index in [1.165, 1.54) is 48.5 Å². The third kappa shape index (κ3) is 6.15. The molecule has 1 atom stereocenters. The SMILES string of the molecule is O=C(NC[C@H]1CCCO1)c1cccc(S(=O)(=O)Nc2ccc(SC(F)F)cc2)c1. The Hall–Kier alpha value is -2.17. The smallest absolute Gasteiger partial charge is 0.288 e. The lowest BCUT2D eigenvalue weighted by Gasteiger charge is -2.12. The number of ether oxygens (including phenoxy) is 1. The van der Waals surface area contributed by atoms with Gasteiger partial charge in [-0.1, -0.05) is 17.8 Å². The summed E-state index contributed by atoms with van der Waals surface area (Å²) in [5, 5.41) is 2.75. The van der Waals surface area contributed by atoms with Crippen LogP contribution in [0.5, 0.6) is 0 Å². The van der Waals surface area contributed by atoms with Crippen LogP contribution < -0.4 is 10.0 Å². The van der Waals surface area contributed by atoms with Crippen molar-refractivity contribution in [3.8, 4) is 0 Å². The van der Waals surface area contributed by atoms with Gasteiger partial charge >= 0.3 is 0 Å². The fourth-order valence-corrected chi connectivity index (χ4v) is 4.44. The van der Waals surface area contributed by atoms with E-state index in [4.69, 9.17) is 4.74 Å². The molecule has 0 radical (unpaired) electrons. The highest BCUT2D eigenvalue weighted by Gasteiger charge is 2.19. The van der Waals surface area contributed by atoms with E-state index in [-0.39, 0.29) is 28.2 Å².